The van der Waals surface area contributed by atoms with E-state index in [4.69, 9.17) is 5.26 Å². The zero-order valence-corrected chi connectivity index (χ0v) is 14.7. The number of allylic oxidation sites excluding steroid dienone is 2. The van der Waals surface area contributed by atoms with E-state index >= 15 is 0 Å². The van der Waals surface area contributed by atoms with Gasteiger partial charge in [0.2, 0.25) is 0 Å². The van der Waals surface area contributed by atoms with E-state index in [-0.39, 0.29) is 6.67 Å². The van der Waals surface area contributed by atoms with E-state index in [2.05, 4.69) is 30.4 Å². The molecule has 0 aromatic heterocycles. The number of halogens is 1. The summed E-state index contributed by atoms with van der Waals surface area (Å²) in [5.41, 5.74) is 2.10. The molecule has 1 aromatic carbocycles. The average molecular weight is 327 g/mol. The molecule has 0 heterocycles. The van der Waals surface area contributed by atoms with Gasteiger partial charge in [-0.05, 0) is 87.3 Å². The van der Waals surface area contributed by atoms with Crippen molar-refractivity contribution in [2.75, 3.05) is 6.67 Å². The van der Waals surface area contributed by atoms with Crippen LogP contribution in [0.15, 0.2) is 36.4 Å². The van der Waals surface area contributed by atoms with Crippen molar-refractivity contribution < 1.29 is 4.39 Å². The summed E-state index contributed by atoms with van der Waals surface area (Å²) in [6, 6.07) is 10.2. The maximum atomic E-state index is 12.0. The number of nitriles is 1. The van der Waals surface area contributed by atoms with Gasteiger partial charge >= 0.3 is 0 Å². The van der Waals surface area contributed by atoms with Crippen LogP contribution < -0.4 is 0 Å². The summed E-state index contributed by atoms with van der Waals surface area (Å²) < 4.78 is 12.0. The maximum absolute atomic E-state index is 12.0. The van der Waals surface area contributed by atoms with Crippen LogP contribution in [0.2, 0.25) is 0 Å². The quantitative estimate of drug-likeness (QED) is 0.381. The minimum Gasteiger partial charge on any atom is -0.251 e. The van der Waals surface area contributed by atoms with Crippen LogP contribution in [0.3, 0.4) is 0 Å². The van der Waals surface area contributed by atoms with Crippen molar-refractivity contribution in [1.82, 2.24) is 0 Å². The summed E-state index contributed by atoms with van der Waals surface area (Å²) in [4.78, 5) is 0. The molecule has 2 heteroatoms. The van der Waals surface area contributed by atoms with E-state index < -0.39 is 0 Å². The first-order chi connectivity index (χ1) is 11.8. The molecule has 0 spiro atoms. The molecule has 0 aliphatic heterocycles. The Morgan fingerprint density at radius 2 is 1.79 bits per heavy atom. The molecular formula is C22H30FN. The minimum atomic E-state index is -0.170. The fraction of sp³-hybridized carbons (Fsp3) is 0.591. The van der Waals surface area contributed by atoms with Gasteiger partial charge in [0, 0.05) is 0 Å². The number of benzene rings is 1. The van der Waals surface area contributed by atoms with Crippen molar-refractivity contribution in [2.45, 2.75) is 64.2 Å². The molecule has 0 unspecified atom stereocenters. The highest BCUT2D eigenvalue weighted by atomic mass is 19.1. The number of rotatable bonds is 9. The van der Waals surface area contributed by atoms with Gasteiger partial charge < -0.3 is 0 Å². The Labute approximate surface area is 146 Å². The molecule has 24 heavy (non-hydrogen) atoms. The van der Waals surface area contributed by atoms with E-state index in [1.54, 1.807) is 0 Å². The molecule has 0 saturated heterocycles. The van der Waals surface area contributed by atoms with E-state index in [1.807, 2.05) is 12.1 Å². The summed E-state index contributed by atoms with van der Waals surface area (Å²) in [6.07, 6.45) is 16.4. The highest BCUT2D eigenvalue weighted by molar-refractivity contribution is 5.31. The van der Waals surface area contributed by atoms with Crippen LogP contribution in [-0.4, -0.2) is 6.67 Å². The van der Waals surface area contributed by atoms with Gasteiger partial charge in [0.25, 0.3) is 0 Å². The molecule has 130 valence electrons. The first-order valence-electron chi connectivity index (χ1n) is 9.53. The van der Waals surface area contributed by atoms with E-state index in [1.165, 1.54) is 37.7 Å². The molecule has 1 nitrogen and oxygen atoms in total. The highest BCUT2D eigenvalue weighted by Crippen LogP contribution is 2.32. The van der Waals surface area contributed by atoms with E-state index in [0.717, 1.165) is 49.5 Å². The van der Waals surface area contributed by atoms with Gasteiger partial charge in [0.15, 0.2) is 0 Å². The van der Waals surface area contributed by atoms with Crippen LogP contribution in [0.5, 0.6) is 0 Å². The van der Waals surface area contributed by atoms with Gasteiger partial charge in [0.1, 0.15) is 0 Å². The molecule has 2 rings (SSSR count). The van der Waals surface area contributed by atoms with E-state index in [0.29, 0.717) is 0 Å². The number of alkyl halides is 1. The molecule has 0 radical (unpaired) electrons. The van der Waals surface area contributed by atoms with Crippen molar-refractivity contribution in [2.24, 2.45) is 11.8 Å². The summed E-state index contributed by atoms with van der Waals surface area (Å²) in [5, 5.41) is 8.83. The SMILES string of the molecule is N#Cc1ccc(CCC2CCC(/C=C/CCCCCF)CC2)cc1. The summed E-state index contributed by atoms with van der Waals surface area (Å²) in [7, 11) is 0. The van der Waals surface area contributed by atoms with Gasteiger partial charge in [0.05, 0.1) is 18.3 Å². The lowest BCUT2D eigenvalue weighted by Crippen LogP contribution is -2.13. The molecule has 1 aliphatic rings. The van der Waals surface area contributed by atoms with Crippen molar-refractivity contribution in [3.05, 3.63) is 47.5 Å². The molecule has 1 aromatic rings. The van der Waals surface area contributed by atoms with Crippen molar-refractivity contribution in [3.63, 3.8) is 0 Å². The lowest BCUT2D eigenvalue weighted by atomic mass is 9.79. The van der Waals surface area contributed by atoms with Gasteiger partial charge in [-0.2, -0.15) is 5.26 Å². The third kappa shape index (κ3) is 6.87. The average Bonchev–Trinajstić information content (AvgIpc) is 2.64. The first-order valence-corrected chi connectivity index (χ1v) is 9.53. The Kier molecular flexibility index (Phi) is 8.60. The largest absolute Gasteiger partial charge is 0.251 e. The summed E-state index contributed by atoms with van der Waals surface area (Å²) >= 11 is 0. The van der Waals surface area contributed by atoms with Gasteiger partial charge in [-0.3, -0.25) is 4.39 Å². The number of hydrogen-bond donors (Lipinski definition) is 0. The molecule has 0 N–H and O–H groups in total. The van der Waals surface area contributed by atoms with E-state index in [9.17, 15) is 4.39 Å². The van der Waals surface area contributed by atoms with Crippen molar-refractivity contribution in [1.29, 1.82) is 5.26 Å². The van der Waals surface area contributed by atoms with Gasteiger partial charge in [-0.15, -0.1) is 0 Å². The van der Waals surface area contributed by atoms with Crippen LogP contribution in [-0.2, 0) is 6.42 Å². The second-order valence-electron chi connectivity index (χ2n) is 7.09. The van der Waals surface area contributed by atoms with Crippen LogP contribution in [0.25, 0.3) is 0 Å². The predicted molar refractivity (Wildman–Crippen MR) is 98.5 cm³/mol. The lowest BCUT2D eigenvalue weighted by Gasteiger charge is -2.26. The third-order valence-corrected chi connectivity index (χ3v) is 5.23. The lowest BCUT2D eigenvalue weighted by molar-refractivity contribution is 0.296. The van der Waals surface area contributed by atoms with Crippen LogP contribution >= 0.6 is 0 Å². The Balaban J connectivity index is 1.60. The Bertz CT molecular complexity index is 518. The Morgan fingerprint density at radius 1 is 1.04 bits per heavy atom. The number of nitrogens with zero attached hydrogens (tertiary/aromatic N) is 1. The van der Waals surface area contributed by atoms with Gasteiger partial charge in [-0.25, -0.2) is 0 Å². The number of unbranched alkanes of at least 4 members (excludes halogenated alkanes) is 3. The van der Waals surface area contributed by atoms with Crippen molar-refractivity contribution in [3.8, 4) is 6.07 Å². The third-order valence-electron chi connectivity index (χ3n) is 5.23. The smallest absolute Gasteiger partial charge is 0.0991 e. The molecule has 0 amide bonds. The number of hydrogen-bond acceptors (Lipinski definition) is 1. The Hall–Kier alpha value is -1.62. The second kappa shape index (κ2) is 11.0. The highest BCUT2D eigenvalue weighted by Gasteiger charge is 2.19. The minimum absolute atomic E-state index is 0.170. The summed E-state index contributed by atoms with van der Waals surface area (Å²) in [5.74, 6) is 1.62. The van der Waals surface area contributed by atoms with Crippen LogP contribution in [0, 0.1) is 23.2 Å². The fourth-order valence-electron chi connectivity index (χ4n) is 3.61. The van der Waals surface area contributed by atoms with Crippen molar-refractivity contribution >= 4 is 0 Å². The molecule has 0 atom stereocenters. The fourth-order valence-corrected chi connectivity index (χ4v) is 3.61. The number of aryl methyl sites for hydroxylation is 1. The normalized spacial score (nSPS) is 21.0. The molecular weight excluding hydrogens is 297 g/mol. The van der Waals surface area contributed by atoms with Gasteiger partial charge in [-0.1, -0.05) is 30.7 Å². The molecule has 1 fully saturated rings. The molecule has 1 saturated carbocycles. The topological polar surface area (TPSA) is 23.8 Å². The van der Waals surface area contributed by atoms with Crippen LogP contribution in [0.4, 0.5) is 4.39 Å². The maximum Gasteiger partial charge on any atom is 0.0991 e. The first kappa shape index (κ1) is 18.7. The molecule has 1 aliphatic carbocycles. The summed E-state index contributed by atoms with van der Waals surface area (Å²) in [6.45, 7) is -0.170. The van der Waals surface area contributed by atoms with Crippen LogP contribution in [0.1, 0.15) is 68.9 Å². The standard InChI is InChI=1S/C22H30FN/c23-17-5-3-1-2-4-6-19-7-9-20(10-8-19)11-12-21-13-15-22(18-24)16-14-21/h4,6,13-16,19-20H,1-3,5,7-12,17H2/b6-4+. The molecule has 0 bridgehead atoms. The monoisotopic (exact) mass is 327 g/mol. The zero-order valence-electron chi connectivity index (χ0n) is 14.7. The Morgan fingerprint density at radius 3 is 2.46 bits per heavy atom. The second-order valence-corrected chi connectivity index (χ2v) is 7.09. The zero-order chi connectivity index (χ0) is 17.0. The predicted octanol–water partition coefficient (Wildman–Crippen LogP) is 6.38.